The number of hydrogen-bond acceptors (Lipinski definition) is 3. The first kappa shape index (κ1) is 11.8. The maximum absolute atomic E-state index is 11.2. The van der Waals surface area contributed by atoms with Crippen LogP contribution in [0.15, 0.2) is 22.0 Å². The van der Waals surface area contributed by atoms with E-state index < -0.39 is 0 Å². The number of carbonyl (C=O) groups is 1. The van der Waals surface area contributed by atoms with Gasteiger partial charge in [-0.3, -0.25) is 4.79 Å². The molecule has 74 valence electrons. The van der Waals surface area contributed by atoms with E-state index in [4.69, 9.17) is 0 Å². The van der Waals surface area contributed by atoms with Crippen molar-refractivity contribution in [2.24, 2.45) is 16.1 Å². The first-order chi connectivity index (χ1) is 6.11. The molecule has 0 unspecified atom stereocenters. The van der Waals surface area contributed by atoms with Crippen LogP contribution in [0.5, 0.6) is 0 Å². The maximum atomic E-state index is 11.2. The van der Waals surface area contributed by atoms with E-state index in [0.717, 1.165) is 5.70 Å². The van der Waals surface area contributed by atoms with E-state index in [9.17, 15) is 4.79 Å². The van der Waals surface area contributed by atoms with Crippen LogP contribution in [0.3, 0.4) is 0 Å². The van der Waals surface area contributed by atoms with Gasteiger partial charge in [-0.2, -0.15) is 10.2 Å². The molecule has 0 spiro atoms. The van der Waals surface area contributed by atoms with Gasteiger partial charge in [0.2, 0.25) is 5.91 Å². The molecule has 0 aromatic carbocycles. The monoisotopic (exact) mass is 183 g/mol. The molecule has 0 bridgehead atoms. The van der Waals surface area contributed by atoms with E-state index in [1.807, 2.05) is 26.8 Å². The number of azo groups is 1. The second kappa shape index (κ2) is 6.34. The van der Waals surface area contributed by atoms with Gasteiger partial charge in [0.15, 0.2) is 0 Å². The molecule has 0 heterocycles. The molecule has 0 saturated heterocycles. The van der Waals surface area contributed by atoms with E-state index in [0.29, 0.717) is 6.54 Å². The van der Waals surface area contributed by atoms with Gasteiger partial charge in [-0.05, 0) is 6.92 Å². The van der Waals surface area contributed by atoms with Gasteiger partial charge in [0.05, 0.1) is 12.2 Å². The van der Waals surface area contributed by atoms with Crippen molar-refractivity contribution in [3.05, 3.63) is 11.8 Å². The number of rotatable bonds is 4. The van der Waals surface area contributed by atoms with Gasteiger partial charge in [-0.15, -0.1) is 0 Å². The van der Waals surface area contributed by atoms with Crippen LogP contribution >= 0.6 is 0 Å². The Bertz CT molecular complexity index is 219. The van der Waals surface area contributed by atoms with Gasteiger partial charge in [-0.1, -0.05) is 19.9 Å². The molecule has 0 radical (unpaired) electrons. The van der Waals surface area contributed by atoms with Crippen molar-refractivity contribution < 1.29 is 4.79 Å². The summed E-state index contributed by atoms with van der Waals surface area (Å²) in [5.41, 5.74) is 0.775. The normalized spacial score (nSPS) is 12.5. The van der Waals surface area contributed by atoms with E-state index >= 15 is 0 Å². The van der Waals surface area contributed by atoms with E-state index in [1.165, 1.54) is 0 Å². The molecular weight excluding hydrogens is 166 g/mol. The maximum Gasteiger partial charge on any atom is 0.222 e. The highest BCUT2D eigenvalue weighted by Crippen LogP contribution is 1.96. The lowest BCUT2D eigenvalue weighted by molar-refractivity contribution is -0.123. The number of allylic oxidation sites excluding steroid dienone is 1. The second-order valence-electron chi connectivity index (χ2n) is 2.95. The first-order valence-corrected chi connectivity index (χ1v) is 4.34. The van der Waals surface area contributed by atoms with Crippen molar-refractivity contribution in [3.8, 4) is 0 Å². The molecule has 0 aliphatic carbocycles. The van der Waals surface area contributed by atoms with Gasteiger partial charge in [0, 0.05) is 13.0 Å². The lowest BCUT2D eigenvalue weighted by Gasteiger charge is -2.06. The Hall–Kier alpha value is -1.19. The molecule has 1 N–H and O–H groups in total. The minimum Gasteiger partial charge on any atom is -0.350 e. The van der Waals surface area contributed by atoms with Gasteiger partial charge >= 0.3 is 0 Å². The molecule has 0 aromatic heterocycles. The first-order valence-electron chi connectivity index (χ1n) is 4.34. The fraction of sp³-hybridized carbons (Fsp3) is 0.667. The largest absolute Gasteiger partial charge is 0.350 e. The molecule has 0 aromatic rings. The Balaban J connectivity index is 3.94. The zero-order chi connectivity index (χ0) is 10.3. The summed E-state index contributed by atoms with van der Waals surface area (Å²) in [7, 11) is 1.60. The van der Waals surface area contributed by atoms with Crippen molar-refractivity contribution in [1.29, 1.82) is 0 Å². The predicted octanol–water partition coefficient (Wildman–Crippen LogP) is 1.74. The van der Waals surface area contributed by atoms with Crippen LogP contribution in [0, 0.1) is 5.92 Å². The molecule has 13 heavy (non-hydrogen) atoms. The van der Waals surface area contributed by atoms with Crippen molar-refractivity contribution in [1.82, 2.24) is 5.32 Å². The van der Waals surface area contributed by atoms with E-state index in [-0.39, 0.29) is 11.8 Å². The lowest BCUT2D eigenvalue weighted by atomic mass is 10.2. The zero-order valence-electron chi connectivity index (χ0n) is 8.66. The number of carbonyl (C=O) groups excluding carboxylic acids is 1. The van der Waals surface area contributed by atoms with Crippen LogP contribution in [-0.2, 0) is 4.79 Å². The Kier molecular flexibility index (Phi) is 5.76. The second-order valence-corrected chi connectivity index (χ2v) is 2.95. The van der Waals surface area contributed by atoms with Crippen molar-refractivity contribution in [2.75, 3.05) is 13.6 Å². The van der Waals surface area contributed by atoms with Crippen molar-refractivity contribution >= 4 is 5.91 Å². The van der Waals surface area contributed by atoms with Crippen LogP contribution in [0.4, 0.5) is 0 Å². The highest BCUT2D eigenvalue weighted by Gasteiger charge is 2.05. The van der Waals surface area contributed by atoms with E-state index in [1.54, 1.807) is 7.05 Å². The number of nitrogens with zero attached hydrogens (tertiary/aromatic N) is 2. The minimum atomic E-state index is 0.0108. The molecule has 0 rings (SSSR count). The molecule has 4 heteroatoms. The van der Waals surface area contributed by atoms with Gasteiger partial charge in [0.1, 0.15) is 0 Å². The third-order valence-electron chi connectivity index (χ3n) is 1.53. The fourth-order valence-electron chi connectivity index (χ4n) is 0.705. The van der Waals surface area contributed by atoms with Crippen LogP contribution in [0.2, 0.25) is 0 Å². The molecule has 0 aliphatic heterocycles. The molecule has 4 nitrogen and oxygen atoms in total. The Labute approximate surface area is 79.1 Å². The molecular formula is C9H17N3O. The average Bonchev–Trinajstić information content (AvgIpc) is 2.11. The predicted molar refractivity (Wildman–Crippen MR) is 52.4 cm³/mol. The zero-order valence-corrected chi connectivity index (χ0v) is 8.66. The van der Waals surface area contributed by atoms with Crippen LogP contribution in [-0.4, -0.2) is 19.5 Å². The SMILES string of the molecule is C/C=C(CNC(=O)C(C)C)\N=N/C. The summed E-state index contributed by atoms with van der Waals surface area (Å²) in [6, 6.07) is 0. The summed E-state index contributed by atoms with van der Waals surface area (Å²) >= 11 is 0. The molecule has 0 aliphatic rings. The summed E-state index contributed by atoms with van der Waals surface area (Å²) < 4.78 is 0. The third-order valence-corrected chi connectivity index (χ3v) is 1.53. The van der Waals surface area contributed by atoms with Gasteiger partial charge in [-0.25, -0.2) is 0 Å². The van der Waals surface area contributed by atoms with E-state index in [2.05, 4.69) is 15.5 Å². The minimum absolute atomic E-state index is 0.0108. The number of nitrogens with one attached hydrogen (secondary N) is 1. The topological polar surface area (TPSA) is 53.8 Å². The molecule has 0 fully saturated rings. The smallest absolute Gasteiger partial charge is 0.222 e. The van der Waals surface area contributed by atoms with Crippen molar-refractivity contribution in [2.45, 2.75) is 20.8 Å². The standard InChI is InChI=1S/C9H17N3O/c1-5-8(12-10-4)6-11-9(13)7(2)3/h5,7H,6H2,1-4H3,(H,11,13)/b8-5-,12-10-. The lowest BCUT2D eigenvalue weighted by Crippen LogP contribution is -2.29. The van der Waals surface area contributed by atoms with Crippen molar-refractivity contribution in [3.63, 3.8) is 0 Å². The third kappa shape index (κ3) is 5.11. The Morgan fingerprint density at radius 2 is 2.15 bits per heavy atom. The molecule has 0 atom stereocenters. The summed E-state index contributed by atoms with van der Waals surface area (Å²) in [5, 5.41) is 10.2. The van der Waals surface area contributed by atoms with Crippen LogP contribution in [0.25, 0.3) is 0 Å². The number of hydrogen-bond donors (Lipinski definition) is 1. The summed E-state index contributed by atoms with van der Waals surface area (Å²) in [6.07, 6.45) is 1.83. The average molecular weight is 183 g/mol. The molecule has 0 saturated carbocycles. The van der Waals surface area contributed by atoms with Crippen LogP contribution in [0.1, 0.15) is 20.8 Å². The summed E-state index contributed by atoms with van der Waals surface area (Å²) in [6.45, 7) is 6.02. The quantitative estimate of drug-likeness (QED) is 0.663. The summed E-state index contributed by atoms with van der Waals surface area (Å²) in [5.74, 6) is 0.0438. The number of amides is 1. The highest BCUT2D eigenvalue weighted by atomic mass is 16.1. The fourth-order valence-corrected chi connectivity index (χ4v) is 0.705. The van der Waals surface area contributed by atoms with Crippen LogP contribution < -0.4 is 5.32 Å². The Morgan fingerprint density at radius 1 is 1.54 bits per heavy atom. The van der Waals surface area contributed by atoms with Gasteiger partial charge < -0.3 is 5.32 Å². The molecule has 1 amide bonds. The Morgan fingerprint density at radius 3 is 2.54 bits per heavy atom. The van der Waals surface area contributed by atoms with Gasteiger partial charge in [0.25, 0.3) is 0 Å². The highest BCUT2D eigenvalue weighted by molar-refractivity contribution is 5.78. The summed E-state index contributed by atoms with van der Waals surface area (Å²) in [4.78, 5) is 11.2.